The van der Waals surface area contributed by atoms with Crippen LogP contribution in [0.5, 0.6) is 5.75 Å². The molecule has 5 aliphatic heterocycles. The highest BCUT2D eigenvalue weighted by atomic mass is 35.5. The monoisotopic (exact) mass is 831 g/mol. The lowest BCUT2D eigenvalue weighted by molar-refractivity contribution is -0.199. The number of nitriles is 1. The molecular weight excluding hydrogens is 782 g/mol. The van der Waals surface area contributed by atoms with Gasteiger partial charge in [0.2, 0.25) is 11.8 Å². The first-order chi connectivity index (χ1) is 28.6. The number of nitrogens with zero attached hydrogens (tertiary/aromatic N) is 6. The van der Waals surface area contributed by atoms with Gasteiger partial charge in [-0.05, 0) is 79.3 Å². The molecule has 2 unspecified atom stereocenters. The Hall–Kier alpha value is -5.45. The van der Waals surface area contributed by atoms with E-state index < -0.39 is 29.7 Å². The molecule has 312 valence electrons. The Bertz CT molecular complexity index is 2350. The molecule has 3 saturated heterocycles. The van der Waals surface area contributed by atoms with E-state index in [2.05, 4.69) is 65.9 Å². The van der Waals surface area contributed by atoms with Gasteiger partial charge in [-0.3, -0.25) is 39.1 Å². The minimum absolute atomic E-state index is 0.0452. The third-order valence-corrected chi connectivity index (χ3v) is 14.2. The molecule has 3 aromatic rings. The summed E-state index contributed by atoms with van der Waals surface area (Å²) in [7, 11) is 0. The van der Waals surface area contributed by atoms with Crippen LogP contribution in [0.2, 0.25) is 5.02 Å². The Morgan fingerprint density at radius 2 is 1.50 bits per heavy atom. The van der Waals surface area contributed by atoms with E-state index in [4.69, 9.17) is 16.3 Å². The number of piperidine rings is 2. The maximum Gasteiger partial charge on any atom is 0.262 e. The number of carbonyl (C=O) groups excluding carboxylic acids is 5. The number of fused-ring (bicyclic) bond motifs is 2. The van der Waals surface area contributed by atoms with Crippen molar-refractivity contribution >= 4 is 52.5 Å². The van der Waals surface area contributed by atoms with Crippen molar-refractivity contribution in [3.63, 3.8) is 0 Å². The van der Waals surface area contributed by atoms with Crippen molar-refractivity contribution in [3.05, 3.63) is 87.4 Å². The molecule has 9 rings (SSSR count). The van der Waals surface area contributed by atoms with Crippen molar-refractivity contribution in [2.75, 3.05) is 55.6 Å². The highest BCUT2D eigenvalue weighted by Crippen LogP contribution is 2.59. The first kappa shape index (κ1) is 40.0. The van der Waals surface area contributed by atoms with Crippen molar-refractivity contribution in [2.24, 2.45) is 16.7 Å². The Labute approximate surface area is 355 Å². The molecule has 1 aliphatic carbocycles. The maximum absolute atomic E-state index is 14.0. The predicted molar refractivity (Wildman–Crippen MR) is 225 cm³/mol. The lowest BCUT2D eigenvalue weighted by atomic mass is 9.49. The molecule has 60 heavy (non-hydrogen) atoms. The van der Waals surface area contributed by atoms with Gasteiger partial charge in [0, 0.05) is 98.7 Å². The minimum atomic E-state index is -0.980. The van der Waals surface area contributed by atoms with Gasteiger partial charge in [-0.1, -0.05) is 39.3 Å². The van der Waals surface area contributed by atoms with Gasteiger partial charge in [0.05, 0.1) is 21.7 Å². The highest BCUT2D eigenvalue weighted by Gasteiger charge is 2.67. The summed E-state index contributed by atoms with van der Waals surface area (Å²) in [6, 6.07) is 17.9. The first-order valence-electron chi connectivity index (χ1n) is 21.0. The van der Waals surface area contributed by atoms with Gasteiger partial charge in [0.1, 0.15) is 24.0 Å². The van der Waals surface area contributed by atoms with Crippen molar-refractivity contribution in [1.82, 2.24) is 20.0 Å². The third kappa shape index (κ3) is 6.68. The summed E-state index contributed by atoms with van der Waals surface area (Å²) < 4.78 is 6.51. The summed E-state index contributed by atoms with van der Waals surface area (Å²) in [6.45, 7) is 15.5. The summed E-state index contributed by atoms with van der Waals surface area (Å²) in [4.78, 5) is 75.1. The summed E-state index contributed by atoms with van der Waals surface area (Å²) >= 11 is 6.31. The van der Waals surface area contributed by atoms with Crippen LogP contribution in [0.1, 0.15) is 95.6 Å². The van der Waals surface area contributed by atoms with Crippen LogP contribution in [0.4, 0.5) is 11.4 Å². The summed E-state index contributed by atoms with van der Waals surface area (Å²) in [5, 5.41) is 11.9. The number of imide groups is 2. The Kier molecular flexibility index (Phi) is 9.94. The van der Waals surface area contributed by atoms with Gasteiger partial charge >= 0.3 is 0 Å². The second kappa shape index (κ2) is 14.9. The number of amides is 5. The molecule has 2 atom stereocenters. The predicted octanol–water partition coefficient (Wildman–Crippen LogP) is 5.49. The molecule has 1 saturated carbocycles. The van der Waals surface area contributed by atoms with Crippen LogP contribution in [0.3, 0.4) is 0 Å². The van der Waals surface area contributed by atoms with E-state index in [1.54, 1.807) is 30.3 Å². The third-order valence-electron chi connectivity index (χ3n) is 13.9. The number of anilines is 2. The van der Waals surface area contributed by atoms with Gasteiger partial charge in [-0.15, -0.1) is 0 Å². The van der Waals surface area contributed by atoms with Crippen LogP contribution in [0.25, 0.3) is 0 Å². The number of hydrogen-bond acceptors (Lipinski definition) is 10. The summed E-state index contributed by atoms with van der Waals surface area (Å²) in [6.07, 6.45) is 2.19. The minimum Gasteiger partial charge on any atom is -0.489 e. The Morgan fingerprint density at radius 3 is 2.20 bits per heavy atom. The summed E-state index contributed by atoms with van der Waals surface area (Å²) in [5.74, 6) is -0.857. The molecular formula is C46H50ClN7O6. The lowest BCUT2D eigenvalue weighted by Gasteiger charge is -2.65. The van der Waals surface area contributed by atoms with Gasteiger partial charge in [-0.2, -0.15) is 5.26 Å². The average Bonchev–Trinajstić information content (AvgIpc) is 3.67. The number of benzene rings is 3. The molecule has 13 nitrogen and oxygen atoms in total. The summed E-state index contributed by atoms with van der Waals surface area (Å²) in [5.41, 5.74) is 4.19. The largest absolute Gasteiger partial charge is 0.489 e. The van der Waals surface area contributed by atoms with Crippen LogP contribution in [-0.4, -0.2) is 108 Å². The van der Waals surface area contributed by atoms with E-state index in [0.717, 1.165) is 86.1 Å². The number of ether oxygens (including phenoxy) is 1. The lowest BCUT2D eigenvalue weighted by Crippen LogP contribution is -2.74. The van der Waals surface area contributed by atoms with Crippen LogP contribution >= 0.6 is 11.6 Å². The van der Waals surface area contributed by atoms with E-state index >= 15 is 0 Å². The molecule has 0 spiro atoms. The van der Waals surface area contributed by atoms with Crippen LogP contribution in [0.15, 0.2) is 54.6 Å². The van der Waals surface area contributed by atoms with Gasteiger partial charge in [0.25, 0.3) is 17.7 Å². The van der Waals surface area contributed by atoms with Crippen molar-refractivity contribution in [3.8, 4) is 11.8 Å². The number of nitrogens with one attached hydrogen (secondary N) is 1. The van der Waals surface area contributed by atoms with Crippen molar-refractivity contribution < 1.29 is 28.7 Å². The molecule has 1 N–H and O–H groups in total. The molecule has 4 fully saturated rings. The van der Waals surface area contributed by atoms with E-state index in [9.17, 15) is 29.2 Å². The van der Waals surface area contributed by atoms with E-state index in [-0.39, 0.29) is 41.7 Å². The van der Waals surface area contributed by atoms with Crippen LogP contribution < -0.4 is 19.9 Å². The fourth-order valence-corrected chi connectivity index (χ4v) is 11.6. The first-order valence-corrected chi connectivity index (χ1v) is 21.4. The second-order valence-corrected chi connectivity index (χ2v) is 18.9. The molecule has 0 radical (unpaired) electrons. The second-order valence-electron chi connectivity index (χ2n) is 18.5. The SMILES string of the molecule is CC1(C)[C@H](Oc2ccc(C#N)c(Cl)c2)C(C)(C)[C@H]1N1Cc2cc(N3CCN(CC4CCCN(c5ccc6c(c5)C(=O)N(C5CCC(=O)NC5=O)C6=O)C4)CC3)ccc2C1=O. The maximum atomic E-state index is 14.0. The van der Waals surface area contributed by atoms with Crippen LogP contribution in [0, 0.1) is 28.1 Å². The van der Waals surface area contributed by atoms with Gasteiger partial charge < -0.3 is 19.4 Å². The number of halogens is 1. The topological polar surface area (TPSA) is 147 Å². The number of rotatable bonds is 8. The molecule has 14 heteroatoms. The van der Waals surface area contributed by atoms with Crippen molar-refractivity contribution in [1.29, 1.82) is 5.26 Å². The Morgan fingerprint density at radius 1 is 0.800 bits per heavy atom. The van der Waals surface area contributed by atoms with Crippen LogP contribution in [-0.2, 0) is 16.1 Å². The molecule has 0 bridgehead atoms. The standard InChI is InChI=1S/C46H50ClN7O6/c1-45(2)43(46(3,4)44(45)60-32-10-7-28(23-48)36(47)22-32)53-26-29-20-30(8-11-33(29)40(53)57)51-18-16-50(17-19-51)24-27-6-5-15-52(25-27)31-9-12-34-35(21-31)42(59)54(41(34)58)37-13-14-38(55)49-39(37)56/h7-12,20-22,27,37,43-44H,5-6,13-19,24-26H2,1-4H3,(H,49,55,56)/t27?,37?,43-,44-. The van der Waals surface area contributed by atoms with E-state index in [0.29, 0.717) is 39.9 Å². The zero-order valence-corrected chi connectivity index (χ0v) is 35.3. The average molecular weight is 832 g/mol. The van der Waals surface area contributed by atoms with E-state index in [1.165, 1.54) is 0 Å². The number of hydrogen-bond donors (Lipinski definition) is 1. The van der Waals surface area contributed by atoms with E-state index in [1.807, 2.05) is 17.0 Å². The van der Waals surface area contributed by atoms with Gasteiger partial charge in [-0.25, -0.2) is 0 Å². The molecule has 0 aromatic heterocycles. The fraction of sp³-hybridized carbons (Fsp3) is 0.478. The smallest absolute Gasteiger partial charge is 0.262 e. The molecule has 5 amide bonds. The number of carbonyl (C=O) groups is 5. The Balaban J connectivity index is 0.795. The molecule has 6 aliphatic rings. The van der Waals surface area contributed by atoms with Gasteiger partial charge in [0.15, 0.2) is 0 Å². The fourth-order valence-electron chi connectivity index (χ4n) is 11.4. The quantitative estimate of drug-likeness (QED) is 0.290. The number of piperazine rings is 1. The zero-order valence-electron chi connectivity index (χ0n) is 34.5. The normalized spacial score (nSPS) is 26.1. The zero-order chi connectivity index (χ0) is 42.2. The molecule has 5 heterocycles. The highest BCUT2D eigenvalue weighted by molar-refractivity contribution is 6.31. The molecule has 3 aromatic carbocycles. The van der Waals surface area contributed by atoms with Crippen molar-refractivity contribution in [2.45, 2.75) is 78.1 Å².